The van der Waals surface area contributed by atoms with E-state index in [1.54, 1.807) is 24.3 Å². The zero-order chi connectivity index (χ0) is 30.3. The SMILES string of the molecule is CCc1ccc(C[N+](C)(C)c2ccc(CNC(=O)c3ccc(C(=O)NCc4ccc([N+](C)(C)C)cc4)cc3)cc2)cc1. The van der Waals surface area contributed by atoms with Gasteiger partial charge in [-0.1, -0.05) is 55.5 Å². The normalized spacial score (nSPS) is 11.7. The molecule has 0 heterocycles. The lowest BCUT2D eigenvalue weighted by atomic mass is 10.1. The minimum absolute atomic E-state index is 0.169. The lowest BCUT2D eigenvalue weighted by Crippen LogP contribution is -2.39. The summed E-state index contributed by atoms with van der Waals surface area (Å²) < 4.78 is 1.48. The van der Waals surface area contributed by atoms with Gasteiger partial charge in [0.15, 0.2) is 0 Å². The zero-order valence-corrected chi connectivity index (χ0v) is 25.8. The van der Waals surface area contributed by atoms with Gasteiger partial charge in [-0.2, -0.15) is 0 Å². The first-order valence-electron chi connectivity index (χ1n) is 14.5. The van der Waals surface area contributed by atoms with Gasteiger partial charge in [-0.25, -0.2) is 0 Å². The van der Waals surface area contributed by atoms with E-state index in [1.807, 2.05) is 12.1 Å². The molecule has 4 rings (SSSR count). The molecular weight excluding hydrogens is 520 g/mol. The van der Waals surface area contributed by atoms with Crippen molar-refractivity contribution in [3.05, 3.63) is 130 Å². The van der Waals surface area contributed by atoms with E-state index in [9.17, 15) is 9.59 Å². The molecular formula is C36H44N4O2+2. The fourth-order valence-corrected chi connectivity index (χ4v) is 4.85. The molecule has 0 aromatic heterocycles. The number of hydrogen-bond acceptors (Lipinski definition) is 2. The zero-order valence-electron chi connectivity index (χ0n) is 25.8. The average Bonchev–Trinajstić information content (AvgIpc) is 2.99. The largest absolute Gasteiger partial charge is 0.348 e. The molecule has 6 nitrogen and oxygen atoms in total. The fraction of sp³-hybridized carbons (Fsp3) is 0.278. The van der Waals surface area contributed by atoms with Gasteiger partial charge >= 0.3 is 0 Å². The Bertz CT molecular complexity index is 1480. The molecule has 0 aliphatic carbocycles. The standard InChI is InChI=1S/C36H42N4O2/c1-7-27-8-10-30(11-9-27)26-40(5,6)34-22-14-29(15-23-34)25-38-36(42)32-18-16-31(17-19-32)35(41)37-24-28-12-20-33(21-13-28)39(2,3)4/h8-23H,7,24-26H2,1-6H3/p+2. The van der Waals surface area contributed by atoms with Crippen LogP contribution >= 0.6 is 0 Å². The quantitative estimate of drug-likeness (QED) is 0.217. The van der Waals surface area contributed by atoms with E-state index >= 15 is 0 Å². The van der Waals surface area contributed by atoms with Crippen LogP contribution in [0.2, 0.25) is 0 Å². The highest BCUT2D eigenvalue weighted by Crippen LogP contribution is 2.23. The topological polar surface area (TPSA) is 58.2 Å². The number of benzene rings is 4. The number of carbonyl (C=O) groups is 2. The molecule has 0 saturated carbocycles. The second-order valence-corrected chi connectivity index (χ2v) is 12.3. The molecule has 0 radical (unpaired) electrons. The Balaban J connectivity index is 1.26. The summed E-state index contributed by atoms with van der Waals surface area (Å²) in [4.78, 5) is 25.4. The van der Waals surface area contributed by atoms with Crippen molar-refractivity contribution in [1.29, 1.82) is 0 Å². The van der Waals surface area contributed by atoms with E-state index in [-0.39, 0.29) is 11.8 Å². The molecule has 42 heavy (non-hydrogen) atoms. The lowest BCUT2D eigenvalue weighted by Gasteiger charge is -2.29. The molecule has 0 fully saturated rings. The van der Waals surface area contributed by atoms with Crippen molar-refractivity contribution in [2.75, 3.05) is 35.2 Å². The number of rotatable bonds is 11. The molecule has 0 atom stereocenters. The van der Waals surface area contributed by atoms with Gasteiger partial charge in [-0.15, -0.1) is 0 Å². The first-order valence-corrected chi connectivity index (χ1v) is 14.5. The van der Waals surface area contributed by atoms with E-state index in [0.717, 1.165) is 33.1 Å². The van der Waals surface area contributed by atoms with Crippen LogP contribution in [0.25, 0.3) is 0 Å². The van der Waals surface area contributed by atoms with Crippen LogP contribution in [0.4, 0.5) is 11.4 Å². The summed E-state index contributed by atoms with van der Waals surface area (Å²) >= 11 is 0. The van der Waals surface area contributed by atoms with Crippen molar-refractivity contribution in [2.24, 2.45) is 0 Å². The number of nitrogens with one attached hydrogen (secondary N) is 2. The van der Waals surface area contributed by atoms with Crippen LogP contribution in [0.3, 0.4) is 0 Å². The van der Waals surface area contributed by atoms with E-state index in [0.29, 0.717) is 24.2 Å². The monoisotopic (exact) mass is 564 g/mol. The Morgan fingerprint density at radius 1 is 0.524 bits per heavy atom. The Labute approximate surface area is 250 Å². The summed E-state index contributed by atoms with van der Waals surface area (Å²) in [6.07, 6.45) is 1.05. The van der Waals surface area contributed by atoms with Gasteiger partial charge in [0.1, 0.15) is 17.9 Å². The predicted molar refractivity (Wildman–Crippen MR) is 174 cm³/mol. The van der Waals surface area contributed by atoms with Crippen molar-refractivity contribution in [3.8, 4) is 0 Å². The highest BCUT2D eigenvalue weighted by Gasteiger charge is 2.20. The van der Waals surface area contributed by atoms with E-state index in [2.05, 4.69) is 113 Å². The number of amides is 2. The van der Waals surface area contributed by atoms with Gasteiger partial charge in [0.05, 0.1) is 35.2 Å². The summed E-state index contributed by atoms with van der Waals surface area (Å²) in [5, 5.41) is 5.94. The Morgan fingerprint density at radius 2 is 0.905 bits per heavy atom. The third kappa shape index (κ3) is 8.15. The maximum absolute atomic E-state index is 12.8. The summed E-state index contributed by atoms with van der Waals surface area (Å²) in [6, 6.07) is 32.2. The number of carbonyl (C=O) groups excluding carboxylic acids is 2. The molecule has 0 spiro atoms. The molecule has 2 amide bonds. The number of nitrogens with zero attached hydrogens (tertiary/aromatic N) is 2. The second kappa shape index (κ2) is 13.1. The highest BCUT2D eigenvalue weighted by molar-refractivity contribution is 5.97. The Kier molecular flexibility index (Phi) is 9.61. The first-order chi connectivity index (χ1) is 19.9. The van der Waals surface area contributed by atoms with Crippen LogP contribution in [-0.4, -0.2) is 47.1 Å². The highest BCUT2D eigenvalue weighted by atomic mass is 16.2. The molecule has 0 bridgehead atoms. The van der Waals surface area contributed by atoms with Crippen molar-refractivity contribution < 1.29 is 9.59 Å². The molecule has 4 aromatic carbocycles. The lowest BCUT2D eigenvalue weighted by molar-refractivity contribution is 0.0939. The summed E-state index contributed by atoms with van der Waals surface area (Å²) in [6.45, 7) is 3.95. The third-order valence-corrected chi connectivity index (χ3v) is 7.67. The molecule has 0 unspecified atom stereocenters. The molecule has 6 heteroatoms. The molecule has 4 aromatic rings. The number of quaternary nitrogens is 2. The minimum Gasteiger partial charge on any atom is -0.348 e. The van der Waals surface area contributed by atoms with Crippen LogP contribution in [0.15, 0.2) is 97.1 Å². The minimum atomic E-state index is -0.171. The van der Waals surface area contributed by atoms with Crippen LogP contribution in [0.1, 0.15) is 49.9 Å². The summed E-state index contributed by atoms with van der Waals surface area (Å²) in [5.74, 6) is -0.341. The van der Waals surface area contributed by atoms with Gasteiger partial charge in [0.2, 0.25) is 0 Å². The second-order valence-electron chi connectivity index (χ2n) is 12.3. The van der Waals surface area contributed by atoms with Crippen LogP contribution < -0.4 is 19.6 Å². The van der Waals surface area contributed by atoms with Crippen molar-refractivity contribution in [2.45, 2.75) is 33.0 Å². The number of hydrogen-bond donors (Lipinski definition) is 2. The smallest absolute Gasteiger partial charge is 0.251 e. The van der Waals surface area contributed by atoms with Gasteiger partial charge in [0, 0.05) is 29.8 Å². The van der Waals surface area contributed by atoms with Gasteiger partial charge in [-0.05, 0) is 71.6 Å². The van der Waals surface area contributed by atoms with Crippen molar-refractivity contribution >= 4 is 23.2 Å². The van der Waals surface area contributed by atoms with Gasteiger partial charge in [-0.3, -0.25) is 18.6 Å². The molecule has 218 valence electrons. The molecule has 0 aliphatic heterocycles. The maximum atomic E-state index is 12.8. The van der Waals surface area contributed by atoms with Gasteiger partial charge in [0.25, 0.3) is 11.8 Å². The maximum Gasteiger partial charge on any atom is 0.251 e. The van der Waals surface area contributed by atoms with E-state index in [4.69, 9.17) is 0 Å². The Morgan fingerprint density at radius 3 is 1.31 bits per heavy atom. The number of aryl methyl sites for hydroxylation is 1. The Hall–Kier alpha value is -4.26. The molecule has 0 saturated heterocycles. The van der Waals surface area contributed by atoms with Crippen LogP contribution in [0, 0.1) is 0 Å². The summed E-state index contributed by atoms with van der Waals surface area (Å²) in [5.41, 5.74) is 8.17. The average molecular weight is 565 g/mol. The van der Waals surface area contributed by atoms with Crippen molar-refractivity contribution in [3.63, 3.8) is 0 Å². The van der Waals surface area contributed by atoms with Crippen LogP contribution in [-0.2, 0) is 26.1 Å². The first kappa shape index (κ1) is 30.7. The van der Waals surface area contributed by atoms with Crippen molar-refractivity contribution in [1.82, 2.24) is 19.6 Å². The van der Waals surface area contributed by atoms with E-state index in [1.165, 1.54) is 22.5 Å². The fourth-order valence-electron chi connectivity index (χ4n) is 4.85. The van der Waals surface area contributed by atoms with E-state index < -0.39 is 0 Å². The summed E-state index contributed by atoms with van der Waals surface area (Å²) in [7, 11) is 10.8. The molecule has 0 aliphatic rings. The van der Waals surface area contributed by atoms with Crippen LogP contribution in [0.5, 0.6) is 0 Å². The molecule has 2 N–H and O–H groups in total. The third-order valence-electron chi connectivity index (χ3n) is 7.67. The predicted octanol–water partition coefficient (Wildman–Crippen LogP) is 6.07. The van der Waals surface area contributed by atoms with Gasteiger partial charge < -0.3 is 10.6 Å².